The molecular weight excluding hydrogens is 442 g/mol. The van der Waals surface area contributed by atoms with Crippen molar-refractivity contribution < 1.29 is 4.79 Å². The summed E-state index contributed by atoms with van der Waals surface area (Å²) in [6.07, 6.45) is 1.96. The van der Waals surface area contributed by atoms with Gasteiger partial charge >= 0.3 is 0 Å². The minimum absolute atomic E-state index is 0.136. The van der Waals surface area contributed by atoms with Crippen LogP contribution in [-0.2, 0) is 11.2 Å². The van der Waals surface area contributed by atoms with Crippen LogP contribution >= 0.6 is 11.6 Å². The quantitative estimate of drug-likeness (QED) is 0.271. The molecule has 5 aromatic rings. The molecule has 0 radical (unpaired) electrons. The van der Waals surface area contributed by atoms with Crippen LogP contribution in [0.5, 0.6) is 0 Å². The molecule has 0 aliphatic heterocycles. The number of hydrogen-bond donors (Lipinski definition) is 1. The van der Waals surface area contributed by atoms with E-state index in [0.717, 1.165) is 57.3 Å². The molecule has 5 heteroatoms. The molecule has 3 aromatic carbocycles. The van der Waals surface area contributed by atoms with E-state index in [0.29, 0.717) is 18.0 Å². The van der Waals surface area contributed by atoms with Crippen molar-refractivity contribution in [1.29, 1.82) is 0 Å². The van der Waals surface area contributed by atoms with Crippen molar-refractivity contribution in [1.82, 2.24) is 9.97 Å². The van der Waals surface area contributed by atoms with E-state index in [1.165, 1.54) is 0 Å². The van der Waals surface area contributed by atoms with Gasteiger partial charge in [-0.1, -0.05) is 54.1 Å². The Morgan fingerprint density at radius 1 is 0.971 bits per heavy atom. The van der Waals surface area contributed by atoms with Gasteiger partial charge in [0.15, 0.2) is 0 Å². The number of aromatic nitrogens is 2. The largest absolute Gasteiger partial charge is 0.353 e. The van der Waals surface area contributed by atoms with Crippen LogP contribution in [0.2, 0.25) is 5.02 Å². The molecular formula is C29H26ClN3O. The van der Waals surface area contributed by atoms with Gasteiger partial charge in [-0.2, -0.15) is 0 Å². The third-order valence-corrected chi connectivity index (χ3v) is 6.46. The van der Waals surface area contributed by atoms with Gasteiger partial charge in [-0.15, -0.1) is 0 Å². The first kappa shape index (κ1) is 22.2. The van der Waals surface area contributed by atoms with Gasteiger partial charge in [0.2, 0.25) is 5.91 Å². The first-order valence-electron chi connectivity index (χ1n) is 11.7. The fourth-order valence-corrected chi connectivity index (χ4v) is 4.74. The van der Waals surface area contributed by atoms with Crippen LogP contribution in [0.15, 0.2) is 84.9 Å². The van der Waals surface area contributed by atoms with Crippen molar-refractivity contribution in [3.63, 3.8) is 0 Å². The number of aryl methyl sites for hydroxylation is 1. The Labute approximate surface area is 204 Å². The monoisotopic (exact) mass is 467 g/mol. The van der Waals surface area contributed by atoms with Crippen molar-refractivity contribution in [2.75, 3.05) is 11.4 Å². The second-order valence-corrected chi connectivity index (χ2v) is 8.82. The first-order chi connectivity index (χ1) is 16.6. The summed E-state index contributed by atoms with van der Waals surface area (Å²) in [6, 6.07) is 28.0. The zero-order chi connectivity index (χ0) is 23.5. The molecule has 5 rings (SSSR count). The van der Waals surface area contributed by atoms with Crippen molar-refractivity contribution >= 4 is 45.0 Å². The minimum Gasteiger partial charge on any atom is -0.353 e. The minimum atomic E-state index is 0.136. The van der Waals surface area contributed by atoms with Crippen LogP contribution in [0.25, 0.3) is 33.2 Å². The van der Waals surface area contributed by atoms with E-state index < -0.39 is 0 Å². The lowest BCUT2D eigenvalue weighted by Crippen LogP contribution is -2.30. The van der Waals surface area contributed by atoms with Crippen LogP contribution in [-0.4, -0.2) is 22.4 Å². The number of amides is 1. The highest BCUT2D eigenvalue weighted by atomic mass is 35.5. The van der Waals surface area contributed by atoms with Crippen molar-refractivity contribution in [3.8, 4) is 11.4 Å². The van der Waals surface area contributed by atoms with Gasteiger partial charge in [0, 0.05) is 40.0 Å². The van der Waals surface area contributed by atoms with Crippen LogP contribution in [0, 0.1) is 0 Å². The Kier molecular flexibility index (Phi) is 6.33. The number of fused-ring (bicyclic) bond motifs is 2. The molecule has 2 aromatic heterocycles. The van der Waals surface area contributed by atoms with E-state index >= 15 is 0 Å². The van der Waals surface area contributed by atoms with Gasteiger partial charge in [-0.25, -0.2) is 4.98 Å². The van der Waals surface area contributed by atoms with Gasteiger partial charge in [0.05, 0.1) is 16.9 Å². The number of anilines is 1. The Morgan fingerprint density at radius 3 is 2.59 bits per heavy atom. The number of benzene rings is 3. The average molecular weight is 468 g/mol. The number of aromatic amines is 1. The van der Waals surface area contributed by atoms with Crippen LogP contribution < -0.4 is 4.90 Å². The fraction of sp³-hybridized carbons (Fsp3) is 0.172. The Hall–Kier alpha value is -3.63. The maximum Gasteiger partial charge on any atom is 0.226 e. The number of nitrogens with one attached hydrogen (secondary N) is 1. The molecule has 0 fully saturated rings. The number of carbonyl (C=O) groups excluding carboxylic acids is 1. The summed E-state index contributed by atoms with van der Waals surface area (Å²) in [7, 11) is 0. The molecule has 1 N–H and O–H groups in total. The van der Waals surface area contributed by atoms with Gasteiger partial charge in [0.1, 0.15) is 0 Å². The Morgan fingerprint density at radius 2 is 1.76 bits per heavy atom. The molecule has 0 saturated carbocycles. The molecule has 2 heterocycles. The van der Waals surface area contributed by atoms with E-state index in [9.17, 15) is 4.79 Å². The van der Waals surface area contributed by atoms with Crippen LogP contribution in [0.4, 0.5) is 5.69 Å². The summed E-state index contributed by atoms with van der Waals surface area (Å²) >= 11 is 6.35. The number of para-hydroxylation sites is 2. The number of hydrogen-bond acceptors (Lipinski definition) is 2. The second-order valence-electron chi connectivity index (χ2n) is 8.38. The van der Waals surface area contributed by atoms with E-state index in [1.54, 1.807) is 0 Å². The van der Waals surface area contributed by atoms with Crippen molar-refractivity contribution in [2.45, 2.75) is 26.2 Å². The molecule has 0 unspecified atom stereocenters. The molecule has 0 atom stereocenters. The van der Waals surface area contributed by atoms with Gasteiger partial charge in [0.25, 0.3) is 0 Å². The summed E-state index contributed by atoms with van der Waals surface area (Å²) < 4.78 is 0. The topological polar surface area (TPSA) is 49.0 Å². The third-order valence-electron chi connectivity index (χ3n) is 6.23. The highest BCUT2D eigenvalue weighted by Gasteiger charge is 2.17. The summed E-state index contributed by atoms with van der Waals surface area (Å²) in [5, 5.41) is 2.89. The SMILES string of the molecule is CCN(C(=O)CCCc1c(-c2ccc3ccccc3n2)[nH]c2ccc(Cl)cc12)c1ccccc1. The van der Waals surface area contributed by atoms with Gasteiger partial charge in [-0.05, 0) is 67.8 Å². The van der Waals surface area contributed by atoms with Crippen LogP contribution in [0.1, 0.15) is 25.3 Å². The standard InChI is InChI=1S/C29H26ClN3O/c1-2-33(22-10-4-3-5-11-22)28(34)14-8-12-23-24-19-21(30)16-18-26(24)32-29(23)27-17-15-20-9-6-7-13-25(20)31-27/h3-7,9-11,13,15-19,32H,2,8,12,14H2,1H3. The molecule has 170 valence electrons. The molecule has 34 heavy (non-hydrogen) atoms. The maximum atomic E-state index is 13.0. The third kappa shape index (κ3) is 4.42. The molecule has 4 nitrogen and oxygen atoms in total. The highest BCUT2D eigenvalue weighted by Crippen LogP contribution is 2.33. The van der Waals surface area contributed by atoms with Gasteiger partial charge < -0.3 is 9.88 Å². The second kappa shape index (κ2) is 9.70. The highest BCUT2D eigenvalue weighted by molar-refractivity contribution is 6.31. The average Bonchev–Trinajstić information content (AvgIpc) is 3.22. The fourth-order valence-electron chi connectivity index (χ4n) is 4.57. The zero-order valence-corrected chi connectivity index (χ0v) is 19.8. The first-order valence-corrected chi connectivity index (χ1v) is 12.0. The van der Waals surface area contributed by atoms with E-state index in [4.69, 9.17) is 16.6 Å². The molecule has 0 saturated heterocycles. The van der Waals surface area contributed by atoms with E-state index in [2.05, 4.69) is 23.2 Å². The number of halogens is 1. The normalized spacial score (nSPS) is 11.2. The molecule has 0 bridgehead atoms. The number of carbonyl (C=O) groups is 1. The Balaban J connectivity index is 1.44. The summed E-state index contributed by atoms with van der Waals surface area (Å²) in [5.41, 5.74) is 5.96. The number of pyridine rings is 1. The maximum absolute atomic E-state index is 13.0. The smallest absolute Gasteiger partial charge is 0.226 e. The van der Waals surface area contributed by atoms with Crippen molar-refractivity contribution in [2.24, 2.45) is 0 Å². The van der Waals surface area contributed by atoms with Crippen LogP contribution in [0.3, 0.4) is 0 Å². The Bertz CT molecular complexity index is 1460. The molecule has 0 spiro atoms. The molecule has 1 amide bonds. The summed E-state index contributed by atoms with van der Waals surface area (Å²) in [4.78, 5) is 23.3. The zero-order valence-electron chi connectivity index (χ0n) is 19.1. The lowest BCUT2D eigenvalue weighted by molar-refractivity contribution is -0.118. The number of nitrogens with zero attached hydrogens (tertiary/aromatic N) is 2. The molecule has 0 aliphatic carbocycles. The van der Waals surface area contributed by atoms with E-state index in [-0.39, 0.29) is 5.91 Å². The lowest BCUT2D eigenvalue weighted by Gasteiger charge is -2.21. The van der Waals surface area contributed by atoms with Crippen molar-refractivity contribution in [3.05, 3.63) is 95.5 Å². The van der Waals surface area contributed by atoms with Gasteiger partial charge in [-0.3, -0.25) is 4.79 Å². The number of rotatable bonds is 7. The van der Waals surface area contributed by atoms with E-state index in [1.807, 2.05) is 78.6 Å². The lowest BCUT2D eigenvalue weighted by atomic mass is 10.0. The molecule has 0 aliphatic rings. The number of H-pyrrole nitrogens is 1. The predicted molar refractivity (Wildman–Crippen MR) is 141 cm³/mol. The predicted octanol–water partition coefficient (Wildman–Crippen LogP) is 7.41. The summed E-state index contributed by atoms with van der Waals surface area (Å²) in [5.74, 6) is 0.136. The summed E-state index contributed by atoms with van der Waals surface area (Å²) in [6.45, 7) is 2.66.